The van der Waals surface area contributed by atoms with Crippen LogP contribution in [0.3, 0.4) is 0 Å². The van der Waals surface area contributed by atoms with Gasteiger partial charge in [-0.1, -0.05) is 23.2 Å². The molecule has 2 rings (SSSR count). The molecule has 1 fully saturated rings. The van der Waals surface area contributed by atoms with Gasteiger partial charge in [0.2, 0.25) is 5.91 Å². The van der Waals surface area contributed by atoms with Gasteiger partial charge in [-0.25, -0.2) is 0 Å². The molecule has 1 aromatic rings. The Morgan fingerprint density at radius 1 is 1.47 bits per heavy atom. The number of hydrogen-bond acceptors (Lipinski definition) is 3. The maximum atomic E-state index is 12.1. The fraction of sp³-hybridized carbons (Fsp3) is 0.333. The van der Waals surface area contributed by atoms with Gasteiger partial charge in [-0.3, -0.25) is 9.59 Å². The molecule has 5 nitrogen and oxygen atoms in total. The third-order valence-electron chi connectivity index (χ3n) is 3.03. The van der Waals surface area contributed by atoms with E-state index in [9.17, 15) is 9.59 Å². The lowest BCUT2D eigenvalue weighted by Crippen LogP contribution is -2.40. The van der Waals surface area contributed by atoms with Gasteiger partial charge in [-0.2, -0.15) is 0 Å². The third-order valence-corrected chi connectivity index (χ3v) is 3.83. The third kappa shape index (κ3) is 2.77. The van der Waals surface area contributed by atoms with E-state index in [4.69, 9.17) is 28.9 Å². The zero-order valence-corrected chi connectivity index (χ0v) is 11.8. The van der Waals surface area contributed by atoms with Crippen LogP contribution in [0.4, 0.5) is 5.69 Å². The maximum Gasteiger partial charge on any atom is 0.253 e. The lowest BCUT2D eigenvalue weighted by atomic mass is 10.1. The Morgan fingerprint density at radius 2 is 2.16 bits per heavy atom. The number of likely N-dealkylation sites (N-methyl/N-ethyl adjacent to an activating group) is 1. The van der Waals surface area contributed by atoms with Crippen molar-refractivity contribution >= 4 is 40.7 Å². The van der Waals surface area contributed by atoms with Crippen molar-refractivity contribution < 1.29 is 9.59 Å². The van der Waals surface area contributed by atoms with Crippen LogP contribution in [0.25, 0.3) is 0 Å². The number of carbonyl (C=O) groups is 2. The molecule has 0 spiro atoms. The second-order valence-corrected chi connectivity index (χ2v) is 5.22. The Bertz CT molecular complexity index is 548. The summed E-state index contributed by atoms with van der Waals surface area (Å²) in [5.74, 6) is -0.563. The number of nitrogens with one attached hydrogen (secondary N) is 1. The van der Waals surface area contributed by atoms with Crippen LogP contribution in [-0.4, -0.2) is 36.3 Å². The molecule has 19 heavy (non-hydrogen) atoms. The Balaban J connectivity index is 2.19. The second-order valence-electron chi connectivity index (χ2n) is 4.44. The minimum atomic E-state index is -0.520. The fourth-order valence-electron chi connectivity index (χ4n) is 1.97. The number of nitrogen functional groups attached to an aromatic ring is 1. The zero-order valence-electron chi connectivity index (χ0n) is 10.2. The number of anilines is 1. The highest BCUT2D eigenvalue weighted by molar-refractivity contribution is 6.44. The minimum Gasteiger partial charge on any atom is -0.399 e. The smallest absolute Gasteiger partial charge is 0.253 e. The predicted molar refractivity (Wildman–Crippen MR) is 74.4 cm³/mol. The van der Waals surface area contributed by atoms with Crippen molar-refractivity contribution in [3.8, 4) is 0 Å². The van der Waals surface area contributed by atoms with E-state index in [1.165, 1.54) is 12.1 Å². The Hall–Kier alpha value is -1.46. The first-order valence-corrected chi connectivity index (χ1v) is 6.46. The van der Waals surface area contributed by atoms with Gasteiger partial charge in [0.15, 0.2) is 0 Å². The average Bonchev–Trinajstić information content (AvgIpc) is 2.65. The fourth-order valence-corrected chi connectivity index (χ4v) is 2.39. The minimum absolute atomic E-state index is 0.112. The first kappa shape index (κ1) is 14.0. The zero-order chi connectivity index (χ0) is 14.2. The monoisotopic (exact) mass is 301 g/mol. The Labute approximate surface area is 120 Å². The molecule has 2 amide bonds. The standard InChI is InChI=1S/C12H13Cl2N3O2/c1-17-3-2-9(12(17)19)16-11(18)7-4-6(15)5-8(13)10(7)14/h4-5,9H,2-3,15H2,1H3,(H,16,18). The van der Waals surface area contributed by atoms with Crippen molar-refractivity contribution in [1.82, 2.24) is 10.2 Å². The molecule has 1 heterocycles. The maximum absolute atomic E-state index is 12.1. The number of likely N-dealkylation sites (tertiary alicyclic amines) is 1. The molecular weight excluding hydrogens is 289 g/mol. The number of nitrogens with zero attached hydrogens (tertiary/aromatic N) is 1. The molecule has 0 aliphatic carbocycles. The molecule has 1 atom stereocenters. The average molecular weight is 302 g/mol. The Kier molecular flexibility index (Phi) is 3.87. The molecule has 7 heteroatoms. The van der Waals surface area contributed by atoms with Crippen molar-refractivity contribution in [2.24, 2.45) is 0 Å². The van der Waals surface area contributed by atoms with Crippen LogP contribution in [0, 0.1) is 0 Å². The van der Waals surface area contributed by atoms with E-state index in [0.29, 0.717) is 18.7 Å². The van der Waals surface area contributed by atoms with Crippen molar-refractivity contribution in [3.05, 3.63) is 27.7 Å². The van der Waals surface area contributed by atoms with Crippen LogP contribution in [0.5, 0.6) is 0 Å². The van der Waals surface area contributed by atoms with Crippen LogP contribution in [0.1, 0.15) is 16.8 Å². The summed E-state index contributed by atoms with van der Waals surface area (Å²) >= 11 is 11.8. The van der Waals surface area contributed by atoms with Gasteiger partial charge in [-0.15, -0.1) is 0 Å². The largest absolute Gasteiger partial charge is 0.399 e. The van der Waals surface area contributed by atoms with Gasteiger partial charge in [0, 0.05) is 19.3 Å². The molecule has 1 unspecified atom stereocenters. The Morgan fingerprint density at radius 3 is 2.74 bits per heavy atom. The molecule has 0 aromatic heterocycles. The van der Waals surface area contributed by atoms with Gasteiger partial charge >= 0.3 is 0 Å². The molecule has 1 aliphatic rings. The van der Waals surface area contributed by atoms with Gasteiger partial charge in [0.25, 0.3) is 5.91 Å². The summed E-state index contributed by atoms with van der Waals surface area (Å²) in [7, 11) is 1.69. The number of rotatable bonds is 2. The van der Waals surface area contributed by atoms with Crippen LogP contribution in [0.15, 0.2) is 12.1 Å². The van der Waals surface area contributed by atoms with Crippen LogP contribution in [-0.2, 0) is 4.79 Å². The molecular formula is C12H13Cl2N3O2. The van der Waals surface area contributed by atoms with Crippen molar-refractivity contribution in [2.75, 3.05) is 19.3 Å². The topological polar surface area (TPSA) is 75.4 Å². The van der Waals surface area contributed by atoms with E-state index in [1.54, 1.807) is 11.9 Å². The summed E-state index contributed by atoms with van der Waals surface area (Å²) < 4.78 is 0. The van der Waals surface area contributed by atoms with E-state index in [1.807, 2.05) is 0 Å². The molecule has 0 saturated carbocycles. The van der Waals surface area contributed by atoms with Gasteiger partial charge in [0.1, 0.15) is 6.04 Å². The van der Waals surface area contributed by atoms with Crippen LogP contribution >= 0.6 is 23.2 Å². The molecule has 1 saturated heterocycles. The number of carbonyl (C=O) groups excluding carboxylic acids is 2. The predicted octanol–water partition coefficient (Wildman–Crippen LogP) is 1.54. The normalized spacial score (nSPS) is 18.8. The number of amides is 2. The van der Waals surface area contributed by atoms with Gasteiger partial charge in [0.05, 0.1) is 15.6 Å². The lowest BCUT2D eigenvalue weighted by molar-refractivity contribution is -0.128. The molecule has 1 aliphatic heterocycles. The van der Waals surface area contributed by atoms with Crippen molar-refractivity contribution in [2.45, 2.75) is 12.5 Å². The second kappa shape index (κ2) is 5.27. The molecule has 0 radical (unpaired) electrons. The summed E-state index contributed by atoms with van der Waals surface area (Å²) in [6.07, 6.45) is 0.578. The van der Waals surface area contributed by atoms with Crippen molar-refractivity contribution in [1.29, 1.82) is 0 Å². The SMILES string of the molecule is CN1CCC(NC(=O)c2cc(N)cc(Cl)c2Cl)C1=O. The number of benzene rings is 1. The van der Waals surface area contributed by atoms with Crippen molar-refractivity contribution in [3.63, 3.8) is 0 Å². The van der Waals surface area contributed by atoms with Crippen LogP contribution < -0.4 is 11.1 Å². The molecule has 1 aromatic carbocycles. The van der Waals surface area contributed by atoms with Gasteiger partial charge in [-0.05, 0) is 18.6 Å². The molecule has 0 bridgehead atoms. The van der Waals surface area contributed by atoms with E-state index in [2.05, 4.69) is 5.32 Å². The first-order chi connectivity index (χ1) is 8.90. The number of nitrogens with two attached hydrogens (primary N) is 1. The molecule has 102 valence electrons. The quantitative estimate of drug-likeness (QED) is 0.814. The highest BCUT2D eigenvalue weighted by atomic mass is 35.5. The summed E-state index contributed by atoms with van der Waals surface area (Å²) in [6, 6.07) is 2.38. The summed E-state index contributed by atoms with van der Waals surface area (Å²) in [4.78, 5) is 25.4. The summed E-state index contributed by atoms with van der Waals surface area (Å²) in [5, 5.41) is 2.98. The number of hydrogen-bond donors (Lipinski definition) is 2. The summed E-state index contributed by atoms with van der Waals surface area (Å²) in [5.41, 5.74) is 6.14. The van der Waals surface area contributed by atoms with Gasteiger partial charge < -0.3 is 16.0 Å². The first-order valence-electron chi connectivity index (χ1n) is 5.70. The van der Waals surface area contributed by atoms with Crippen LogP contribution in [0.2, 0.25) is 10.0 Å². The van der Waals surface area contributed by atoms with E-state index >= 15 is 0 Å². The van der Waals surface area contributed by atoms with E-state index < -0.39 is 11.9 Å². The lowest BCUT2D eigenvalue weighted by Gasteiger charge is -2.13. The highest BCUT2D eigenvalue weighted by Gasteiger charge is 2.31. The number of halogens is 2. The molecule has 3 N–H and O–H groups in total. The highest BCUT2D eigenvalue weighted by Crippen LogP contribution is 2.28. The van der Waals surface area contributed by atoms with E-state index in [0.717, 1.165) is 0 Å². The van der Waals surface area contributed by atoms with E-state index in [-0.39, 0.29) is 21.5 Å². The summed E-state index contributed by atoms with van der Waals surface area (Å²) in [6.45, 7) is 0.620.